The lowest BCUT2D eigenvalue weighted by atomic mass is 9.98. The van der Waals surface area contributed by atoms with E-state index in [-0.39, 0.29) is 6.09 Å². The van der Waals surface area contributed by atoms with Gasteiger partial charge in [0.25, 0.3) is 0 Å². The standard InChI is InChI=1S/C16H27N5O2/c1-16(2,3)23-15(22)21-13-4-5-14(21)11-12(10-13)17-6-8-20-9-7-18-19-20/h7,9,12-14,17H,4-6,8,10-11H2,1-3H3. The van der Waals surface area contributed by atoms with Crippen LogP contribution >= 0.6 is 0 Å². The SMILES string of the molecule is CC(C)(C)OC(=O)N1C2CCC1CC(NCCn1ccnn1)C2. The first kappa shape index (κ1) is 16.2. The lowest BCUT2D eigenvalue weighted by Crippen LogP contribution is -2.52. The predicted molar refractivity (Wildman–Crippen MR) is 85.9 cm³/mol. The van der Waals surface area contributed by atoms with E-state index in [1.165, 1.54) is 0 Å². The molecule has 2 fully saturated rings. The first-order chi connectivity index (χ1) is 10.9. The molecular weight excluding hydrogens is 294 g/mol. The molecule has 2 aliphatic rings. The average Bonchev–Trinajstić information content (AvgIpc) is 3.04. The molecule has 0 aliphatic carbocycles. The molecule has 0 spiro atoms. The zero-order chi connectivity index (χ0) is 16.4. The highest BCUT2D eigenvalue weighted by molar-refractivity contribution is 5.69. The molecule has 2 unspecified atom stereocenters. The molecule has 1 aromatic rings. The van der Waals surface area contributed by atoms with Gasteiger partial charge in [0, 0.05) is 30.9 Å². The topological polar surface area (TPSA) is 72.3 Å². The van der Waals surface area contributed by atoms with E-state index in [1.54, 1.807) is 6.20 Å². The van der Waals surface area contributed by atoms with Gasteiger partial charge in [-0.1, -0.05) is 5.21 Å². The summed E-state index contributed by atoms with van der Waals surface area (Å²) in [5.74, 6) is 0. The van der Waals surface area contributed by atoms with Crippen molar-refractivity contribution in [3.63, 3.8) is 0 Å². The fraction of sp³-hybridized carbons (Fsp3) is 0.812. The fourth-order valence-electron chi connectivity index (χ4n) is 3.69. The van der Waals surface area contributed by atoms with Crippen molar-refractivity contribution in [3.05, 3.63) is 12.4 Å². The second kappa shape index (κ2) is 6.47. The minimum absolute atomic E-state index is 0.147. The number of fused-ring (bicyclic) bond motifs is 2. The number of carbonyl (C=O) groups is 1. The minimum atomic E-state index is -0.427. The molecule has 3 heterocycles. The summed E-state index contributed by atoms with van der Waals surface area (Å²) in [6, 6.07) is 1.09. The van der Waals surface area contributed by atoms with E-state index in [1.807, 2.05) is 36.5 Å². The summed E-state index contributed by atoms with van der Waals surface area (Å²) >= 11 is 0. The number of hydrogen-bond acceptors (Lipinski definition) is 5. The Morgan fingerprint density at radius 2 is 2.00 bits per heavy atom. The fourth-order valence-corrected chi connectivity index (χ4v) is 3.69. The lowest BCUT2D eigenvalue weighted by Gasteiger charge is -2.39. The van der Waals surface area contributed by atoms with E-state index in [2.05, 4.69) is 15.6 Å². The molecule has 128 valence electrons. The Balaban J connectivity index is 1.49. The summed E-state index contributed by atoms with van der Waals surface area (Å²) in [7, 11) is 0. The van der Waals surface area contributed by atoms with Crippen molar-refractivity contribution >= 4 is 6.09 Å². The number of nitrogens with zero attached hydrogens (tertiary/aromatic N) is 4. The number of rotatable bonds is 4. The van der Waals surface area contributed by atoms with Crippen molar-refractivity contribution in [2.45, 2.75) is 76.7 Å². The molecule has 23 heavy (non-hydrogen) atoms. The molecule has 1 amide bonds. The second-order valence-electron chi connectivity index (χ2n) is 7.56. The molecule has 0 saturated carbocycles. The molecule has 2 atom stereocenters. The molecule has 7 heteroatoms. The van der Waals surface area contributed by atoms with Gasteiger partial charge in [-0.05, 0) is 46.5 Å². The van der Waals surface area contributed by atoms with Crippen molar-refractivity contribution in [2.75, 3.05) is 6.54 Å². The highest BCUT2D eigenvalue weighted by Gasteiger charge is 2.44. The van der Waals surface area contributed by atoms with Crippen LogP contribution in [-0.4, -0.2) is 56.3 Å². The van der Waals surface area contributed by atoms with Gasteiger partial charge >= 0.3 is 6.09 Å². The van der Waals surface area contributed by atoms with Crippen LogP contribution in [0.25, 0.3) is 0 Å². The Morgan fingerprint density at radius 1 is 1.30 bits per heavy atom. The predicted octanol–water partition coefficient (Wildman–Crippen LogP) is 1.80. The van der Waals surface area contributed by atoms with Crippen LogP contribution in [0.4, 0.5) is 4.79 Å². The molecule has 3 rings (SSSR count). The third kappa shape index (κ3) is 4.02. The van der Waals surface area contributed by atoms with E-state index < -0.39 is 5.60 Å². The third-order valence-electron chi connectivity index (χ3n) is 4.58. The van der Waals surface area contributed by atoms with Gasteiger partial charge in [0.05, 0.1) is 12.7 Å². The Labute approximate surface area is 137 Å². The van der Waals surface area contributed by atoms with E-state index in [0.29, 0.717) is 18.1 Å². The van der Waals surface area contributed by atoms with Gasteiger partial charge in [-0.3, -0.25) is 4.68 Å². The van der Waals surface area contributed by atoms with Crippen LogP contribution in [0.1, 0.15) is 46.5 Å². The number of ether oxygens (including phenoxy) is 1. The molecular formula is C16H27N5O2. The van der Waals surface area contributed by atoms with Crippen LogP contribution in [-0.2, 0) is 11.3 Å². The first-order valence-electron chi connectivity index (χ1n) is 8.51. The maximum absolute atomic E-state index is 12.4. The summed E-state index contributed by atoms with van der Waals surface area (Å²) in [5, 5.41) is 11.4. The van der Waals surface area contributed by atoms with Crippen molar-refractivity contribution in [2.24, 2.45) is 0 Å². The van der Waals surface area contributed by atoms with Crippen molar-refractivity contribution in [3.8, 4) is 0 Å². The summed E-state index contributed by atoms with van der Waals surface area (Å²) < 4.78 is 7.40. The van der Waals surface area contributed by atoms with Crippen LogP contribution in [0.3, 0.4) is 0 Å². The van der Waals surface area contributed by atoms with Gasteiger partial charge < -0.3 is 15.0 Å². The number of piperidine rings is 1. The minimum Gasteiger partial charge on any atom is -0.444 e. The Hall–Kier alpha value is -1.63. The molecule has 7 nitrogen and oxygen atoms in total. The monoisotopic (exact) mass is 321 g/mol. The van der Waals surface area contributed by atoms with Gasteiger partial charge in [0.1, 0.15) is 5.60 Å². The number of hydrogen-bond donors (Lipinski definition) is 1. The quantitative estimate of drug-likeness (QED) is 0.915. The van der Waals surface area contributed by atoms with Gasteiger partial charge in [0.2, 0.25) is 0 Å². The lowest BCUT2D eigenvalue weighted by molar-refractivity contribution is 0.00472. The van der Waals surface area contributed by atoms with E-state index in [4.69, 9.17) is 4.74 Å². The Morgan fingerprint density at radius 3 is 2.57 bits per heavy atom. The first-order valence-corrected chi connectivity index (χ1v) is 8.51. The van der Waals surface area contributed by atoms with Crippen molar-refractivity contribution < 1.29 is 9.53 Å². The van der Waals surface area contributed by atoms with Crippen LogP contribution < -0.4 is 5.32 Å². The van der Waals surface area contributed by atoms with Crippen LogP contribution in [0, 0.1) is 0 Å². The Kier molecular flexibility index (Phi) is 4.57. The highest BCUT2D eigenvalue weighted by atomic mass is 16.6. The maximum Gasteiger partial charge on any atom is 0.410 e. The number of nitrogens with one attached hydrogen (secondary N) is 1. The van der Waals surface area contributed by atoms with Gasteiger partial charge in [-0.2, -0.15) is 0 Å². The molecule has 0 radical (unpaired) electrons. The number of amides is 1. The van der Waals surface area contributed by atoms with Crippen molar-refractivity contribution in [1.82, 2.24) is 25.2 Å². The maximum atomic E-state index is 12.4. The Bertz CT molecular complexity index is 511. The van der Waals surface area contributed by atoms with Crippen LogP contribution in [0.5, 0.6) is 0 Å². The van der Waals surface area contributed by atoms with Crippen LogP contribution in [0.2, 0.25) is 0 Å². The smallest absolute Gasteiger partial charge is 0.410 e. The van der Waals surface area contributed by atoms with E-state index in [9.17, 15) is 4.79 Å². The average molecular weight is 321 g/mol. The molecule has 0 aromatic carbocycles. The zero-order valence-corrected chi connectivity index (χ0v) is 14.2. The van der Waals surface area contributed by atoms with Gasteiger partial charge in [0.15, 0.2) is 0 Å². The number of aromatic nitrogens is 3. The van der Waals surface area contributed by atoms with E-state index >= 15 is 0 Å². The molecule has 2 bridgehead atoms. The third-order valence-corrected chi connectivity index (χ3v) is 4.58. The molecule has 2 saturated heterocycles. The molecule has 1 aromatic heterocycles. The highest BCUT2D eigenvalue weighted by Crippen LogP contribution is 2.36. The summed E-state index contributed by atoms with van der Waals surface area (Å²) in [5.41, 5.74) is -0.427. The van der Waals surface area contributed by atoms with Crippen LogP contribution in [0.15, 0.2) is 12.4 Å². The largest absolute Gasteiger partial charge is 0.444 e. The molecule has 1 N–H and O–H groups in total. The normalized spacial score (nSPS) is 27.3. The van der Waals surface area contributed by atoms with Gasteiger partial charge in [-0.25, -0.2) is 4.79 Å². The zero-order valence-electron chi connectivity index (χ0n) is 14.2. The summed E-state index contributed by atoms with van der Waals surface area (Å²) in [6.45, 7) is 7.46. The van der Waals surface area contributed by atoms with Gasteiger partial charge in [-0.15, -0.1) is 5.10 Å². The number of carbonyl (C=O) groups excluding carboxylic acids is 1. The van der Waals surface area contributed by atoms with E-state index in [0.717, 1.165) is 38.8 Å². The second-order valence-corrected chi connectivity index (χ2v) is 7.56. The molecule has 2 aliphatic heterocycles. The summed E-state index contributed by atoms with van der Waals surface area (Å²) in [4.78, 5) is 14.4. The summed E-state index contributed by atoms with van der Waals surface area (Å²) in [6.07, 6.45) is 7.61. The van der Waals surface area contributed by atoms with Crippen molar-refractivity contribution in [1.29, 1.82) is 0 Å².